The van der Waals surface area contributed by atoms with E-state index in [0.717, 1.165) is 0 Å². The summed E-state index contributed by atoms with van der Waals surface area (Å²) in [4.78, 5) is 20.3. The first kappa shape index (κ1) is 43.2. The molecule has 10 heteroatoms. The van der Waals surface area contributed by atoms with Crippen molar-refractivity contribution in [1.29, 1.82) is 0 Å². The van der Waals surface area contributed by atoms with Crippen LogP contribution in [0.5, 0.6) is 0 Å². The molecule has 0 rings (SSSR count). The predicted molar refractivity (Wildman–Crippen MR) is 119 cm³/mol. The van der Waals surface area contributed by atoms with Crippen LogP contribution >= 0.6 is 70.0 Å². The van der Waals surface area contributed by atoms with E-state index in [9.17, 15) is 9.59 Å². The van der Waals surface area contributed by atoms with E-state index in [4.69, 9.17) is 5.73 Å². The second-order valence-corrected chi connectivity index (χ2v) is 1.86. The second-order valence-electron chi connectivity index (χ2n) is 1.86. The Balaban J connectivity index is -0.0000000303. The van der Waals surface area contributed by atoms with Gasteiger partial charge in [-0.2, -0.15) is 0 Å². The normalized spacial score (nSPS) is 7.24. The average Bonchev–Trinajstić information content (AvgIpc) is 2.61. The molecule has 1 unspecified atom stereocenters. The van der Waals surface area contributed by atoms with Gasteiger partial charge >= 0.3 is 5.97 Å². The van der Waals surface area contributed by atoms with Crippen LogP contribution in [0.25, 0.3) is 5.73 Å². The van der Waals surface area contributed by atoms with E-state index >= 15 is 0 Å². The Labute approximate surface area is 162 Å². The summed E-state index contributed by atoms with van der Waals surface area (Å²) in [5, 5.41) is 0. The van der Waals surface area contributed by atoms with Crippen molar-refractivity contribution in [3.8, 4) is 0 Å². The van der Waals surface area contributed by atoms with Crippen LogP contribution in [-0.2, 0) is 14.3 Å². The summed E-state index contributed by atoms with van der Waals surface area (Å²) in [6.07, 6.45) is 0.891. The van der Waals surface area contributed by atoms with Crippen molar-refractivity contribution in [1.82, 2.24) is 0 Å². The van der Waals surface area contributed by atoms with Crippen molar-refractivity contribution in [3.05, 3.63) is 5.73 Å². The summed E-state index contributed by atoms with van der Waals surface area (Å²) in [7, 11) is 1.28. The Morgan fingerprint density at radius 3 is 1.52 bits per heavy atom. The number of carbonyl (C=O) groups is 2. The van der Waals surface area contributed by atoms with Gasteiger partial charge < -0.3 is 15.3 Å². The van der Waals surface area contributed by atoms with E-state index < -0.39 is 6.04 Å². The third-order valence-electron chi connectivity index (χ3n) is 1.05. The van der Waals surface area contributed by atoms with Gasteiger partial charge in [0.2, 0.25) is 0 Å². The monoisotopic (exact) mass is 418 g/mol. The van der Waals surface area contributed by atoms with Gasteiger partial charge in [-0.05, 0) is 0 Å². The van der Waals surface area contributed by atoms with Crippen molar-refractivity contribution < 1.29 is 14.3 Å². The molecular weight excluding hydrogens is 387 g/mol. The summed E-state index contributed by atoms with van der Waals surface area (Å²) in [5.41, 5.74) is 6.91. The molecule has 0 amide bonds. The molecule has 0 aromatic carbocycles. The molecule has 0 aliphatic rings. The fourth-order valence-electron chi connectivity index (χ4n) is 0.443. The van der Waals surface area contributed by atoms with Crippen LogP contribution in [0.2, 0.25) is 0 Å². The molecule has 0 fully saturated rings. The standard InChI is InChI=1S/C6H10NO3.2C2H6.CH4.3H2S2/c1-10-6(9)3-2-5(7)4-8;2*1-2;;3*1-2/h4-5,7H,2-3H2,1H3;2*1-2H3;1H4;3*1-2H/q-1;;;;;;. The number of ether oxygens (including phenoxy) is 1. The Hall–Kier alpha value is 1.20. The minimum atomic E-state index is -0.793. The van der Waals surface area contributed by atoms with Gasteiger partial charge in [-0.15, -0.1) is 70.0 Å². The van der Waals surface area contributed by atoms with Crippen LogP contribution in [-0.4, -0.2) is 25.4 Å². The molecule has 0 aromatic rings. The van der Waals surface area contributed by atoms with Crippen LogP contribution < -0.4 is 0 Å². The lowest BCUT2D eigenvalue weighted by Gasteiger charge is -2.09. The number of rotatable bonds is 4. The zero-order valence-corrected chi connectivity index (χ0v) is 17.8. The highest BCUT2D eigenvalue weighted by Gasteiger charge is 1.99. The van der Waals surface area contributed by atoms with E-state index in [1.165, 1.54) is 7.11 Å². The molecule has 4 nitrogen and oxygen atoms in total. The van der Waals surface area contributed by atoms with Gasteiger partial charge in [-0.25, -0.2) is 0 Å². The van der Waals surface area contributed by atoms with Gasteiger partial charge in [0, 0.05) is 6.42 Å². The van der Waals surface area contributed by atoms with Gasteiger partial charge in [0.15, 0.2) is 0 Å². The third-order valence-corrected chi connectivity index (χ3v) is 1.05. The number of aldehydes is 1. The molecule has 0 aromatic heterocycles. The van der Waals surface area contributed by atoms with Gasteiger partial charge in [0.1, 0.15) is 6.29 Å². The summed E-state index contributed by atoms with van der Waals surface area (Å²) >= 11 is 19.3. The Bertz CT molecular complexity index is 145. The lowest BCUT2D eigenvalue weighted by Crippen LogP contribution is -2.07. The van der Waals surface area contributed by atoms with Gasteiger partial charge in [-0.3, -0.25) is 4.79 Å². The minimum Gasteiger partial charge on any atom is -0.669 e. The van der Waals surface area contributed by atoms with Gasteiger partial charge in [0.25, 0.3) is 0 Å². The van der Waals surface area contributed by atoms with E-state index in [-0.39, 0.29) is 26.2 Å². The molecule has 0 radical (unpaired) electrons. The highest BCUT2D eigenvalue weighted by molar-refractivity contribution is 8.60. The number of methoxy groups -OCH3 is 1. The van der Waals surface area contributed by atoms with Gasteiger partial charge in [0.05, 0.1) is 7.11 Å². The first-order valence-corrected chi connectivity index (χ1v) is 10.3. The largest absolute Gasteiger partial charge is 0.669 e. The molecule has 136 valence electrons. The molecule has 0 aliphatic heterocycles. The van der Waals surface area contributed by atoms with E-state index in [1.807, 2.05) is 27.7 Å². The Kier molecular flexibility index (Phi) is 142. The van der Waals surface area contributed by atoms with Crippen molar-refractivity contribution in [3.63, 3.8) is 0 Å². The quantitative estimate of drug-likeness (QED) is 0.157. The predicted octanol–water partition coefficient (Wildman–Crippen LogP) is 5.53. The second kappa shape index (κ2) is 69.0. The maximum absolute atomic E-state index is 10.4. The van der Waals surface area contributed by atoms with Crippen LogP contribution in [0.1, 0.15) is 48.0 Å². The van der Waals surface area contributed by atoms with Crippen LogP contribution in [0.3, 0.4) is 0 Å². The van der Waals surface area contributed by atoms with E-state index in [0.29, 0.717) is 6.29 Å². The molecule has 0 spiro atoms. The van der Waals surface area contributed by atoms with Crippen LogP contribution in [0, 0.1) is 0 Å². The lowest BCUT2D eigenvalue weighted by molar-refractivity contribution is -0.140. The number of hydrogen-bond acceptors (Lipinski definition) is 9. The number of hydrogen-bond donors (Lipinski definition) is 6. The molecule has 0 heterocycles. The first-order valence-electron chi connectivity index (χ1n) is 5.54. The van der Waals surface area contributed by atoms with Gasteiger partial charge in [-0.1, -0.05) is 47.6 Å². The summed E-state index contributed by atoms with van der Waals surface area (Å²) in [6, 6.07) is -0.793. The summed E-state index contributed by atoms with van der Waals surface area (Å²) < 4.78 is 4.31. The number of esters is 1. The van der Waals surface area contributed by atoms with Crippen molar-refractivity contribution in [2.24, 2.45) is 0 Å². The Morgan fingerprint density at radius 1 is 1.05 bits per heavy atom. The maximum Gasteiger partial charge on any atom is 0.305 e. The molecule has 1 N–H and O–H groups in total. The van der Waals surface area contributed by atoms with Crippen LogP contribution in [0.4, 0.5) is 0 Å². The zero-order valence-electron chi connectivity index (χ0n) is 12.5. The van der Waals surface area contributed by atoms with E-state index in [1.54, 1.807) is 0 Å². The highest BCUT2D eigenvalue weighted by Crippen LogP contribution is 1.98. The molecule has 0 bridgehead atoms. The fraction of sp³-hybridized carbons (Fsp3) is 0.818. The van der Waals surface area contributed by atoms with Crippen LogP contribution in [0.15, 0.2) is 0 Å². The smallest absolute Gasteiger partial charge is 0.305 e. The van der Waals surface area contributed by atoms with Crippen molar-refractivity contribution >= 4 is 82.2 Å². The zero-order chi connectivity index (χ0) is 18.0. The average molecular weight is 419 g/mol. The molecule has 21 heavy (non-hydrogen) atoms. The highest BCUT2D eigenvalue weighted by atomic mass is 33.1. The summed E-state index contributed by atoms with van der Waals surface area (Å²) in [5.74, 6) is -0.376. The fourth-order valence-corrected chi connectivity index (χ4v) is 0.443. The number of nitrogens with one attached hydrogen (secondary N) is 1. The first-order chi connectivity index (χ1) is 9.70. The Morgan fingerprint density at radius 2 is 1.33 bits per heavy atom. The van der Waals surface area contributed by atoms with Crippen molar-refractivity contribution in [2.45, 2.75) is 54.0 Å². The molecule has 0 aliphatic carbocycles. The molecule has 0 saturated carbocycles. The minimum absolute atomic E-state index is 0. The third kappa shape index (κ3) is 75.1. The maximum atomic E-state index is 10.4. The number of carbonyl (C=O) groups excluding carboxylic acids is 2. The topological polar surface area (TPSA) is 67.2 Å². The number of thiol groups is 6. The molecule has 1 atom stereocenters. The summed E-state index contributed by atoms with van der Waals surface area (Å²) in [6.45, 7) is 8.00. The molecule has 0 saturated heterocycles. The van der Waals surface area contributed by atoms with E-state index in [2.05, 4.69) is 74.7 Å². The molecular formula is C11H32NO3S6-. The lowest BCUT2D eigenvalue weighted by atomic mass is 10.2. The van der Waals surface area contributed by atoms with Crippen molar-refractivity contribution in [2.75, 3.05) is 7.11 Å². The SMILES string of the molecule is C.CC.CC.COC(=O)CCC([NH-])C=O.SS.SS.SS.